The smallest absolute Gasteiger partial charge is 0.0969 e. The van der Waals surface area contributed by atoms with Crippen LogP contribution in [0.5, 0.6) is 0 Å². The number of likely N-dealkylation sites (N-methyl/N-ethyl adjacent to an activating group) is 1. The fraction of sp³-hybridized carbons (Fsp3) is 0.882. The zero-order chi connectivity index (χ0) is 15.7. The van der Waals surface area contributed by atoms with Crippen molar-refractivity contribution in [3.63, 3.8) is 0 Å². The topological polar surface area (TPSA) is 44.7 Å². The minimum Gasteiger partial charge on any atom is -0.395 e. The molecule has 1 saturated carbocycles. The van der Waals surface area contributed by atoms with Gasteiger partial charge in [-0.25, -0.2) is 0 Å². The second kappa shape index (κ2) is 9.57. The third-order valence-electron chi connectivity index (χ3n) is 4.43. The van der Waals surface area contributed by atoms with E-state index in [0.717, 1.165) is 38.9 Å². The Morgan fingerprint density at radius 2 is 2.19 bits per heavy atom. The zero-order valence-electron chi connectivity index (χ0n) is 14.3. The van der Waals surface area contributed by atoms with Crippen LogP contribution in [0.2, 0.25) is 0 Å². The number of nitrogens with one attached hydrogen (secondary N) is 1. The Morgan fingerprint density at radius 1 is 1.43 bits per heavy atom. The lowest BCUT2D eigenvalue weighted by molar-refractivity contribution is 0.0138. The maximum atomic E-state index is 8.83. The first kappa shape index (κ1) is 18.6. The molecule has 0 radical (unpaired) electrons. The van der Waals surface area contributed by atoms with Crippen LogP contribution in [0.3, 0.4) is 0 Å². The summed E-state index contributed by atoms with van der Waals surface area (Å²) in [5.74, 6) is 0. The van der Waals surface area contributed by atoms with E-state index in [4.69, 9.17) is 9.84 Å². The fourth-order valence-electron chi connectivity index (χ4n) is 2.86. The van der Waals surface area contributed by atoms with Crippen molar-refractivity contribution in [1.29, 1.82) is 0 Å². The highest BCUT2D eigenvalue weighted by Gasteiger charge is 2.31. The second-order valence-corrected chi connectivity index (χ2v) is 6.72. The third kappa shape index (κ3) is 6.92. The van der Waals surface area contributed by atoms with E-state index in [1.165, 1.54) is 6.42 Å². The van der Waals surface area contributed by atoms with E-state index in [1.807, 2.05) is 7.05 Å². The van der Waals surface area contributed by atoms with Crippen LogP contribution >= 0.6 is 0 Å². The predicted molar refractivity (Wildman–Crippen MR) is 88.3 cm³/mol. The van der Waals surface area contributed by atoms with Gasteiger partial charge in [-0.2, -0.15) is 0 Å². The number of hydrogen-bond acceptors (Lipinski definition) is 4. The molecule has 124 valence electrons. The molecule has 0 spiro atoms. The summed E-state index contributed by atoms with van der Waals surface area (Å²) in [6.45, 7) is 10.3. The summed E-state index contributed by atoms with van der Waals surface area (Å²) in [4.78, 5) is 2.11. The molecule has 1 fully saturated rings. The van der Waals surface area contributed by atoms with Crippen LogP contribution in [0, 0.1) is 5.41 Å². The van der Waals surface area contributed by atoms with Gasteiger partial charge < -0.3 is 14.7 Å². The van der Waals surface area contributed by atoms with Crippen LogP contribution in [0.15, 0.2) is 11.6 Å². The molecule has 2 N–H and O–H groups in total. The van der Waals surface area contributed by atoms with E-state index in [9.17, 15) is 0 Å². The molecule has 0 aromatic carbocycles. The lowest BCUT2D eigenvalue weighted by Crippen LogP contribution is -2.35. The quantitative estimate of drug-likeness (QED) is 0.390. The molecule has 4 nitrogen and oxygen atoms in total. The van der Waals surface area contributed by atoms with Crippen LogP contribution in [-0.4, -0.2) is 56.1 Å². The van der Waals surface area contributed by atoms with Gasteiger partial charge in [-0.3, -0.25) is 5.32 Å². The largest absolute Gasteiger partial charge is 0.395 e. The number of aliphatic hydroxyl groups is 1. The molecular formula is C17H34N2O2. The minimum atomic E-state index is 0.220. The SMILES string of the molecule is CC/C=C1/CC(OCNCCN(C)CCO)CCC1(C)C. The molecule has 0 aromatic rings. The van der Waals surface area contributed by atoms with Gasteiger partial charge in [0.15, 0.2) is 0 Å². The number of hydrogen-bond donors (Lipinski definition) is 2. The van der Waals surface area contributed by atoms with E-state index in [2.05, 4.69) is 37.1 Å². The van der Waals surface area contributed by atoms with Crippen molar-refractivity contribution in [3.05, 3.63) is 11.6 Å². The fourth-order valence-corrected chi connectivity index (χ4v) is 2.86. The molecule has 1 atom stereocenters. The molecule has 21 heavy (non-hydrogen) atoms. The lowest BCUT2D eigenvalue weighted by atomic mass is 9.72. The van der Waals surface area contributed by atoms with Gasteiger partial charge in [0.05, 0.1) is 19.4 Å². The van der Waals surface area contributed by atoms with E-state index in [0.29, 0.717) is 18.2 Å². The first-order chi connectivity index (χ1) is 9.99. The molecule has 1 rings (SSSR count). The Labute approximate surface area is 130 Å². The summed E-state index contributed by atoms with van der Waals surface area (Å²) in [7, 11) is 2.02. The van der Waals surface area contributed by atoms with Gasteiger partial charge >= 0.3 is 0 Å². The average Bonchev–Trinajstić information content (AvgIpc) is 2.42. The van der Waals surface area contributed by atoms with Crippen molar-refractivity contribution in [2.75, 3.05) is 40.0 Å². The highest BCUT2D eigenvalue weighted by molar-refractivity contribution is 5.16. The normalized spacial score (nSPS) is 23.9. The van der Waals surface area contributed by atoms with Crippen LogP contribution in [-0.2, 0) is 4.74 Å². The maximum Gasteiger partial charge on any atom is 0.0969 e. The molecule has 4 heteroatoms. The van der Waals surface area contributed by atoms with Crippen molar-refractivity contribution >= 4 is 0 Å². The van der Waals surface area contributed by atoms with E-state index < -0.39 is 0 Å². The Balaban J connectivity index is 2.20. The van der Waals surface area contributed by atoms with Crippen LogP contribution < -0.4 is 5.32 Å². The van der Waals surface area contributed by atoms with Gasteiger partial charge in [0.2, 0.25) is 0 Å². The minimum absolute atomic E-state index is 0.220. The Kier molecular flexibility index (Phi) is 8.49. The van der Waals surface area contributed by atoms with Crippen LogP contribution in [0.1, 0.15) is 46.5 Å². The third-order valence-corrected chi connectivity index (χ3v) is 4.43. The summed E-state index contributed by atoms with van der Waals surface area (Å²) in [5.41, 5.74) is 1.90. The molecule has 0 saturated heterocycles. The number of rotatable bonds is 9. The zero-order valence-corrected chi connectivity index (χ0v) is 14.3. The van der Waals surface area contributed by atoms with Gasteiger partial charge in [-0.1, -0.05) is 32.4 Å². The Bertz CT molecular complexity index is 316. The van der Waals surface area contributed by atoms with Gasteiger partial charge in [-0.05, 0) is 38.1 Å². The maximum absolute atomic E-state index is 8.83. The number of ether oxygens (including phenoxy) is 1. The summed E-state index contributed by atoms with van der Waals surface area (Å²) >= 11 is 0. The molecule has 0 amide bonds. The molecular weight excluding hydrogens is 264 g/mol. The molecule has 0 heterocycles. The number of nitrogens with zero attached hydrogens (tertiary/aromatic N) is 1. The van der Waals surface area contributed by atoms with Gasteiger partial charge in [-0.15, -0.1) is 0 Å². The Morgan fingerprint density at radius 3 is 2.86 bits per heavy atom. The standard InChI is InChI=1S/C17H34N2O2/c1-5-6-15-13-16(7-8-17(15,2)3)21-14-18-9-10-19(4)11-12-20/h6,16,18,20H,5,7-14H2,1-4H3/b15-6-. The summed E-state index contributed by atoms with van der Waals surface area (Å²) < 4.78 is 5.97. The van der Waals surface area contributed by atoms with Crippen molar-refractivity contribution in [2.45, 2.75) is 52.6 Å². The highest BCUT2D eigenvalue weighted by atomic mass is 16.5. The summed E-state index contributed by atoms with van der Waals surface area (Å²) in [6.07, 6.45) is 7.29. The van der Waals surface area contributed by atoms with Gasteiger partial charge in [0.1, 0.15) is 0 Å². The van der Waals surface area contributed by atoms with Crippen molar-refractivity contribution in [2.24, 2.45) is 5.41 Å². The first-order valence-corrected chi connectivity index (χ1v) is 8.31. The first-order valence-electron chi connectivity index (χ1n) is 8.31. The van der Waals surface area contributed by atoms with Crippen LogP contribution in [0.4, 0.5) is 0 Å². The van der Waals surface area contributed by atoms with E-state index in [1.54, 1.807) is 5.57 Å². The summed E-state index contributed by atoms with van der Waals surface area (Å²) in [5, 5.41) is 12.2. The van der Waals surface area contributed by atoms with Gasteiger partial charge in [0.25, 0.3) is 0 Å². The molecule has 1 aliphatic carbocycles. The van der Waals surface area contributed by atoms with E-state index >= 15 is 0 Å². The second-order valence-electron chi connectivity index (χ2n) is 6.72. The number of aliphatic hydroxyl groups excluding tert-OH is 1. The predicted octanol–water partition coefficient (Wildman–Crippen LogP) is 2.39. The summed E-state index contributed by atoms with van der Waals surface area (Å²) in [6, 6.07) is 0. The van der Waals surface area contributed by atoms with E-state index in [-0.39, 0.29) is 6.61 Å². The van der Waals surface area contributed by atoms with Gasteiger partial charge in [0, 0.05) is 19.6 Å². The van der Waals surface area contributed by atoms with Crippen molar-refractivity contribution in [1.82, 2.24) is 10.2 Å². The molecule has 0 bridgehead atoms. The van der Waals surface area contributed by atoms with Crippen LogP contribution in [0.25, 0.3) is 0 Å². The molecule has 1 aliphatic rings. The molecule has 1 unspecified atom stereocenters. The lowest BCUT2D eigenvalue weighted by Gasteiger charge is -2.37. The Hall–Kier alpha value is -0.420. The monoisotopic (exact) mass is 298 g/mol. The average molecular weight is 298 g/mol. The molecule has 0 aliphatic heterocycles. The van der Waals surface area contributed by atoms with Crippen molar-refractivity contribution < 1.29 is 9.84 Å². The van der Waals surface area contributed by atoms with Crippen molar-refractivity contribution in [3.8, 4) is 0 Å². The highest BCUT2D eigenvalue weighted by Crippen LogP contribution is 2.41. The number of allylic oxidation sites excluding steroid dienone is 1. The molecule has 0 aromatic heterocycles.